The van der Waals surface area contributed by atoms with Crippen LogP contribution in [0.25, 0.3) is 55.0 Å². The van der Waals surface area contributed by atoms with E-state index in [0.717, 1.165) is 17.1 Å². The summed E-state index contributed by atoms with van der Waals surface area (Å²) in [4.78, 5) is 2.37. The van der Waals surface area contributed by atoms with Crippen LogP contribution in [0, 0.1) is 11.3 Å². The summed E-state index contributed by atoms with van der Waals surface area (Å²) in [5.41, 5.74) is 9.97. The van der Waals surface area contributed by atoms with Crippen LogP contribution >= 0.6 is 0 Å². The molecule has 0 atom stereocenters. The zero-order chi connectivity index (χ0) is 25.5. The van der Waals surface area contributed by atoms with Gasteiger partial charge >= 0.3 is 0 Å². The van der Waals surface area contributed by atoms with E-state index in [1.54, 1.807) is 0 Å². The number of hydrogen-bond donors (Lipinski definition) is 0. The third-order valence-electron chi connectivity index (χ3n) is 7.95. The Hall–Kier alpha value is -5.01. The molecule has 0 bridgehead atoms. The molecule has 3 heterocycles. The molecule has 0 radical (unpaired) electrons. The summed E-state index contributed by atoms with van der Waals surface area (Å²) in [7, 11) is 0. The second kappa shape index (κ2) is 7.50. The van der Waals surface area contributed by atoms with E-state index < -0.39 is 0 Å². The van der Waals surface area contributed by atoms with Gasteiger partial charge in [0.2, 0.25) is 0 Å². The Morgan fingerprint density at radius 3 is 2.13 bits per heavy atom. The van der Waals surface area contributed by atoms with Gasteiger partial charge in [0.1, 0.15) is 0 Å². The number of nitriles is 1. The molecule has 4 heteroatoms. The maximum absolute atomic E-state index is 9.69. The number of aromatic nitrogens is 2. The lowest BCUT2D eigenvalue weighted by Crippen LogP contribution is -2.29. The van der Waals surface area contributed by atoms with Gasteiger partial charge in [0, 0.05) is 33.3 Å². The van der Waals surface area contributed by atoms with Crippen LogP contribution in [0.15, 0.2) is 103 Å². The minimum atomic E-state index is 0.241. The van der Waals surface area contributed by atoms with Gasteiger partial charge in [-0.05, 0) is 68.4 Å². The number of para-hydroxylation sites is 3. The van der Waals surface area contributed by atoms with E-state index in [4.69, 9.17) is 0 Å². The van der Waals surface area contributed by atoms with Gasteiger partial charge in [-0.1, -0.05) is 48.5 Å². The lowest BCUT2D eigenvalue weighted by molar-refractivity contribution is 0.781. The molecule has 5 aromatic carbocycles. The topological polar surface area (TPSA) is 36.9 Å². The Labute approximate surface area is 220 Å². The number of nitrogens with zero attached hydrogens (tertiary/aromatic N) is 4. The standard InChI is InChI=1S/C34H24N4/c1-21(2)36-30-14-8-12-25-27-18-26-24-11-6-7-13-28(24)37(23-9-4-3-5-10-23)31(26)19-32(27)38(34(25)30)29-16-15-22(20-35)17-33(29)36/h3-19,21H,1-2H3. The van der Waals surface area contributed by atoms with Gasteiger partial charge in [-0.15, -0.1) is 0 Å². The van der Waals surface area contributed by atoms with E-state index in [-0.39, 0.29) is 6.04 Å². The lowest BCUT2D eigenvalue weighted by Gasteiger charge is -2.36. The van der Waals surface area contributed by atoms with Crippen LogP contribution in [0.1, 0.15) is 19.4 Å². The quantitative estimate of drug-likeness (QED) is 0.244. The highest BCUT2D eigenvalue weighted by molar-refractivity contribution is 6.21. The molecule has 0 saturated carbocycles. The summed E-state index contributed by atoms with van der Waals surface area (Å²) < 4.78 is 4.78. The molecule has 8 rings (SSSR count). The smallest absolute Gasteiger partial charge is 0.0992 e. The summed E-state index contributed by atoms with van der Waals surface area (Å²) in [5, 5.41) is 14.7. The van der Waals surface area contributed by atoms with Crippen molar-refractivity contribution in [3.63, 3.8) is 0 Å². The first-order chi connectivity index (χ1) is 18.7. The summed E-state index contributed by atoms with van der Waals surface area (Å²) in [6.45, 7) is 4.42. The van der Waals surface area contributed by atoms with Gasteiger partial charge in [0.05, 0.1) is 50.8 Å². The molecule has 1 aliphatic rings. The van der Waals surface area contributed by atoms with Crippen molar-refractivity contribution < 1.29 is 0 Å². The molecule has 0 aliphatic carbocycles. The highest BCUT2D eigenvalue weighted by atomic mass is 15.2. The average molecular weight is 489 g/mol. The van der Waals surface area contributed by atoms with E-state index in [2.05, 4.69) is 125 Å². The molecule has 38 heavy (non-hydrogen) atoms. The zero-order valence-electron chi connectivity index (χ0n) is 21.2. The molecule has 0 unspecified atom stereocenters. The SMILES string of the molecule is CC(C)N1c2cc(C#N)ccc2-n2c3cc4c(cc3c3cccc1c32)c1ccccc1n4-c1ccccc1. The molecule has 1 aliphatic heterocycles. The van der Waals surface area contributed by atoms with Crippen LogP contribution < -0.4 is 4.90 Å². The van der Waals surface area contributed by atoms with Crippen LogP contribution in [-0.4, -0.2) is 15.2 Å². The molecule has 0 N–H and O–H groups in total. The molecule has 4 nitrogen and oxygen atoms in total. The van der Waals surface area contributed by atoms with Crippen LogP contribution in [0.3, 0.4) is 0 Å². The summed E-state index contributed by atoms with van der Waals surface area (Å²) in [6, 6.07) is 39.3. The minimum absolute atomic E-state index is 0.241. The maximum atomic E-state index is 9.69. The Morgan fingerprint density at radius 1 is 0.579 bits per heavy atom. The van der Waals surface area contributed by atoms with Crippen molar-refractivity contribution in [3.05, 3.63) is 109 Å². The summed E-state index contributed by atoms with van der Waals surface area (Å²) in [6.07, 6.45) is 0. The third kappa shape index (κ3) is 2.63. The molecule has 0 saturated heterocycles. The van der Waals surface area contributed by atoms with Gasteiger partial charge in [-0.2, -0.15) is 5.26 Å². The number of hydrogen-bond acceptors (Lipinski definition) is 2. The number of anilines is 2. The Bertz CT molecular complexity index is 2120. The van der Waals surface area contributed by atoms with Crippen molar-refractivity contribution in [2.24, 2.45) is 0 Å². The largest absolute Gasteiger partial charge is 0.335 e. The zero-order valence-corrected chi connectivity index (χ0v) is 21.2. The van der Waals surface area contributed by atoms with Crippen molar-refractivity contribution >= 4 is 55.0 Å². The Kier molecular flexibility index (Phi) is 4.17. The summed E-state index contributed by atoms with van der Waals surface area (Å²) >= 11 is 0. The van der Waals surface area contributed by atoms with E-state index in [1.807, 2.05) is 12.1 Å². The summed E-state index contributed by atoms with van der Waals surface area (Å²) in [5.74, 6) is 0. The van der Waals surface area contributed by atoms with Crippen molar-refractivity contribution in [1.82, 2.24) is 9.13 Å². The molecular formula is C34H24N4. The first kappa shape index (κ1) is 21.1. The van der Waals surface area contributed by atoms with E-state index in [9.17, 15) is 5.26 Å². The number of rotatable bonds is 2. The fourth-order valence-corrected chi connectivity index (χ4v) is 6.47. The molecule has 180 valence electrons. The Morgan fingerprint density at radius 2 is 1.32 bits per heavy atom. The van der Waals surface area contributed by atoms with Crippen molar-refractivity contribution in [2.45, 2.75) is 19.9 Å². The van der Waals surface area contributed by atoms with Gasteiger partial charge in [0.25, 0.3) is 0 Å². The molecule has 0 fully saturated rings. The normalized spacial score (nSPS) is 12.6. The molecule has 0 spiro atoms. The van der Waals surface area contributed by atoms with Gasteiger partial charge in [-0.25, -0.2) is 0 Å². The van der Waals surface area contributed by atoms with Crippen LogP contribution in [0.4, 0.5) is 11.4 Å². The van der Waals surface area contributed by atoms with Crippen LogP contribution in [0.5, 0.6) is 0 Å². The van der Waals surface area contributed by atoms with Crippen molar-refractivity contribution in [2.75, 3.05) is 4.90 Å². The monoisotopic (exact) mass is 488 g/mol. The first-order valence-corrected chi connectivity index (χ1v) is 13.1. The predicted molar refractivity (Wildman–Crippen MR) is 157 cm³/mol. The van der Waals surface area contributed by atoms with E-state index in [1.165, 1.54) is 49.3 Å². The Balaban J connectivity index is 1.59. The van der Waals surface area contributed by atoms with Crippen molar-refractivity contribution in [3.8, 4) is 17.4 Å². The van der Waals surface area contributed by atoms with Crippen molar-refractivity contribution in [1.29, 1.82) is 5.26 Å². The van der Waals surface area contributed by atoms with Crippen LogP contribution in [0.2, 0.25) is 0 Å². The molecule has 7 aromatic rings. The van der Waals surface area contributed by atoms with E-state index in [0.29, 0.717) is 5.56 Å². The second-order valence-corrected chi connectivity index (χ2v) is 10.4. The fourth-order valence-electron chi connectivity index (χ4n) is 6.47. The van der Waals surface area contributed by atoms with Gasteiger partial charge < -0.3 is 14.0 Å². The fraction of sp³-hybridized carbons (Fsp3) is 0.0882. The molecular weight excluding hydrogens is 464 g/mol. The first-order valence-electron chi connectivity index (χ1n) is 13.1. The highest BCUT2D eigenvalue weighted by Gasteiger charge is 2.29. The molecule has 2 aromatic heterocycles. The van der Waals surface area contributed by atoms with Gasteiger partial charge in [0.15, 0.2) is 0 Å². The minimum Gasteiger partial charge on any atom is -0.335 e. The van der Waals surface area contributed by atoms with E-state index >= 15 is 0 Å². The number of benzene rings is 5. The molecule has 0 amide bonds. The average Bonchev–Trinajstić information content (AvgIpc) is 3.45. The predicted octanol–water partition coefficient (Wildman–Crippen LogP) is 8.61. The maximum Gasteiger partial charge on any atom is 0.0992 e. The second-order valence-electron chi connectivity index (χ2n) is 10.4. The third-order valence-corrected chi connectivity index (χ3v) is 7.95. The number of fused-ring (bicyclic) bond motifs is 8. The lowest BCUT2D eigenvalue weighted by atomic mass is 10.0. The van der Waals surface area contributed by atoms with Crippen LogP contribution in [-0.2, 0) is 0 Å². The highest BCUT2D eigenvalue weighted by Crippen LogP contribution is 2.48. The van der Waals surface area contributed by atoms with Gasteiger partial charge in [-0.3, -0.25) is 0 Å².